The lowest BCUT2D eigenvalue weighted by molar-refractivity contribution is -0.117. The Morgan fingerprint density at radius 2 is 2.00 bits per heavy atom. The number of hydrogen-bond acceptors (Lipinski definition) is 4. The first-order chi connectivity index (χ1) is 9.19. The van der Waals surface area contributed by atoms with Crippen molar-refractivity contribution in [2.45, 2.75) is 6.42 Å². The first kappa shape index (κ1) is 14.6. The van der Waals surface area contributed by atoms with Crippen molar-refractivity contribution < 1.29 is 25.9 Å². The summed E-state index contributed by atoms with van der Waals surface area (Å²) in [6, 6.07) is 1.94. The second-order valence-electron chi connectivity index (χ2n) is 4.57. The van der Waals surface area contributed by atoms with Crippen molar-refractivity contribution in [1.29, 1.82) is 0 Å². The van der Waals surface area contributed by atoms with E-state index in [9.17, 15) is 25.9 Å². The minimum Gasteiger partial charge on any atom is -0.395 e. The summed E-state index contributed by atoms with van der Waals surface area (Å²) in [5, 5.41) is 0. The Morgan fingerprint density at radius 3 is 2.60 bits per heavy atom. The highest BCUT2D eigenvalue weighted by molar-refractivity contribution is 7.86. The van der Waals surface area contributed by atoms with Gasteiger partial charge in [0.2, 0.25) is 5.91 Å². The van der Waals surface area contributed by atoms with Crippen molar-refractivity contribution in [2.75, 3.05) is 22.9 Å². The Morgan fingerprint density at radius 1 is 1.35 bits per heavy atom. The largest absolute Gasteiger partial charge is 0.395 e. The molecule has 0 spiro atoms. The Labute approximate surface area is 113 Å². The fourth-order valence-corrected chi connectivity index (χ4v) is 2.99. The first-order valence-electron chi connectivity index (χ1n) is 5.65. The van der Waals surface area contributed by atoms with Crippen molar-refractivity contribution >= 4 is 27.5 Å². The van der Waals surface area contributed by atoms with Gasteiger partial charge in [0.15, 0.2) is 11.6 Å². The summed E-state index contributed by atoms with van der Waals surface area (Å²) in [4.78, 5) is 12.8. The van der Waals surface area contributed by atoms with Gasteiger partial charge in [-0.15, -0.1) is 3.89 Å². The first-order valence-corrected chi connectivity index (χ1v) is 7.20. The van der Waals surface area contributed by atoms with Crippen LogP contribution in [0.5, 0.6) is 0 Å². The molecule has 2 N–H and O–H groups in total. The normalized spacial score (nSPS) is 19.6. The van der Waals surface area contributed by atoms with Crippen LogP contribution in [-0.2, 0) is 15.0 Å². The van der Waals surface area contributed by atoms with Crippen molar-refractivity contribution in [3.8, 4) is 0 Å². The lowest BCUT2D eigenvalue weighted by Crippen LogP contribution is -2.26. The maximum absolute atomic E-state index is 13.3. The average molecular weight is 308 g/mol. The molecule has 1 unspecified atom stereocenters. The van der Waals surface area contributed by atoms with Crippen LogP contribution in [0.2, 0.25) is 0 Å². The number of carbonyl (C=O) groups excluding carboxylic acids is 1. The lowest BCUT2D eigenvalue weighted by Gasteiger charge is -2.19. The lowest BCUT2D eigenvalue weighted by atomic mass is 10.1. The standard InChI is InChI=1S/C11H11F3N2O3S/c12-7-1-2-8(11(15)10(7)13)16-4-6(3-9(16)17)5-20(14,18)19/h1-2,6H,3-5,15H2. The van der Waals surface area contributed by atoms with Crippen LogP contribution in [-0.4, -0.2) is 26.6 Å². The number of nitrogen functional groups attached to an aromatic ring is 1. The second kappa shape index (κ2) is 4.97. The van der Waals surface area contributed by atoms with Gasteiger partial charge in [-0.1, -0.05) is 0 Å². The average Bonchev–Trinajstić information content (AvgIpc) is 2.65. The molecule has 5 nitrogen and oxygen atoms in total. The monoisotopic (exact) mass is 308 g/mol. The highest BCUT2D eigenvalue weighted by atomic mass is 32.3. The molecule has 1 aliphatic rings. The smallest absolute Gasteiger partial charge is 0.302 e. The third-order valence-corrected chi connectivity index (χ3v) is 3.91. The molecule has 2 rings (SSSR count). The van der Waals surface area contributed by atoms with Crippen LogP contribution in [0.15, 0.2) is 12.1 Å². The fourth-order valence-electron chi connectivity index (χ4n) is 2.20. The Kier molecular flexibility index (Phi) is 3.63. The third kappa shape index (κ3) is 2.87. The number of benzene rings is 1. The zero-order chi connectivity index (χ0) is 15.1. The zero-order valence-corrected chi connectivity index (χ0v) is 11.0. The summed E-state index contributed by atoms with van der Waals surface area (Å²) in [5.41, 5.74) is 4.81. The van der Waals surface area contributed by atoms with Gasteiger partial charge in [0.25, 0.3) is 0 Å². The minimum absolute atomic E-state index is 0.0485. The Balaban J connectivity index is 2.27. The summed E-state index contributed by atoms with van der Waals surface area (Å²) < 4.78 is 60.0. The fraction of sp³-hybridized carbons (Fsp3) is 0.364. The molecule has 0 radical (unpaired) electrons. The molecule has 1 saturated heterocycles. The van der Waals surface area contributed by atoms with E-state index in [4.69, 9.17) is 5.73 Å². The number of rotatable bonds is 3. The summed E-state index contributed by atoms with van der Waals surface area (Å²) >= 11 is 0. The molecule has 0 aliphatic carbocycles. The van der Waals surface area contributed by atoms with Gasteiger partial charge in [0.05, 0.1) is 17.1 Å². The zero-order valence-electron chi connectivity index (χ0n) is 10.1. The topological polar surface area (TPSA) is 80.5 Å². The number of nitrogens with two attached hydrogens (primary N) is 1. The third-order valence-electron chi connectivity index (χ3n) is 3.04. The second-order valence-corrected chi connectivity index (χ2v) is 5.99. The number of hydrogen-bond donors (Lipinski definition) is 1. The van der Waals surface area contributed by atoms with Gasteiger partial charge in [-0.05, 0) is 12.1 Å². The van der Waals surface area contributed by atoms with Crippen molar-refractivity contribution in [3.63, 3.8) is 0 Å². The van der Waals surface area contributed by atoms with Crippen LogP contribution in [0, 0.1) is 17.6 Å². The van der Waals surface area contributed by atoms with E-state index in [0.717, 1.165) is 17.0 Å². The molecule has 0 aromatic heterocycles. The van der Waals surface area contributed by atoms with Gasteiger partial charge in [0, 0.05) is 18.9 Å². The maximum atomic E-state index is 13.3. The molecule has 1 aromatic carbocycles. The molecule has 1 aromatic rings. The van der Waals surface area contributed by atoms with E-state index in [1.807, 2.05) is 0 Å². The van der Waals surface area contributed by atoms with Crippen LogP contribution in [0.4, 0.5) is 24.0 Å². The molecule has 0 saturated carbocycles. The molecule has 20 heavy (non-hydrogen) atoms. The number of amides is 1. The van der Waals surface area contributed by atoms with E-state index in [1.165, 1.54) is 0 Å². The van der Waals surface area contributed by atoms with Crippen LogP contribution in [0.1, 0.15) is 6.42 Å². The van der Waals surface area contributed by atoms with Gasteiger partial charge in [-0.3, -0.25) is 4.79 Å². The summed E-state index contributed by atoms with van der Waals surface area (Å²) in [5.74, 6) is -4.49. The minimum atomic E-state index is -4.71. The number of carbonyl (C=O) groups is 1. The van der Waals surface area contributed by atoms with Gasteiger partial charge >= 0.3 is 10.2 Å². The number of halogens is 3. The van der Waals surface area contributed by atoms with E-state index in [-0.39, 0.29) is 18.7 Å². The molecule has 1 aliphatic heterocycles. The predicted octanol–water partition coefficient (Wildman–Crippen LogP) is 1.20. The van der Waals surface area contributed by atoms with Crippen LogP contribution in [0.25, 0.3) is 0 Å². The highest BCUT2D eigenvalue weighted by Gasteiger charge is 2.35. The van der Waals surface area contributed by atoms with E-state index < -0.39 is 45.1 Å². The summed E-state index contributed by atoms with van der Waals surface area (Å²) in [7, 11) is -4.71. The molecule has 110 valence electrons. The molecule has 1 atom stereocenters. The summed E-state index contributed by atoms with van der Waals surface area (Å²) in [6.45, 7) is -0.114. The van der Waals surface area contributed by atoms with E-state index in [0.29, 0.717) is 0 Å². The summed E-state index contributed by atoms with van der Waals surface area (Å²) in [6.07, 6.45) is -0.193. The highest BCUT2D eigenvalue weighted by Crippen LogP contribution is 2.32. The van der Waals surface area contributed by atoms with Crippen LogP contribution in [0.3, 0.4) is 0 Å². The molecule has 1 amide bonds. The van der Waals surface area contributed by atoms with E-state index in [1.54, 1.807) is 0 Å². The van der Waals surface area contributed by atoms with Gasteiger partial charge in [-0.2, -0.15) is 8.42 Å². The van der Waals surface area contributed by atoms with E-state index >= 15 is 0 Å². The predicted molar refractivity (Wildman–Crippen MR) is 66.1 cm³/mol. The van der Waals surface area contributed by atoms with Gasteiger partial charge in [-0.25, -0.2) is 8.78 Å². The molecule has 9 heteroatoms. The van der Waals surface area contributed by atoms with Crippen LogP contribution >= 0.6 is 0 Å². The van der Waals surface area contributed by atoms with Gasteiger partial charge in [0.1, 0.15) is 0 Å². The van der Waals surface area contributed by atoms with Crippen molar-refractivity contribution in [1.82, 2.24) is 0 Å². The Bertz CT molecular complexity index is 663. The van der Waals surface area contributed by atoms with Crippen molar-refractivity contribution in [3.05, 3.63) is 23.8 Å². The number of nitrogens with zero attached hydrogens (tertiary/aromatic N) is 1. The molecular weight excluding hydrogens is 297 g/mol. The van der Waals surface area contributed by atoms with Gasteiger partial charge < -0.3 is 10.6 Å². The maximum Gasteiger partial charge on any atom is 0.302 e. The molecular formula is C11H11F3N2O3S. The SMILES string of the molecule is Nc1c(N2CC(CS(=O)(=O)F)CC2=O)ccc(F)c1F. The quantitative estimate of drug-likeness (QED) is 0.672. The molecule has 0 bridgehead atoms. The molecule has 1 heterocycles. The van der Waals surface area contributed by atoms with Crippen molar-refractivity contribution in [2.24, 2.45) is 5.92 Å². The molecule has 1 fully saturated rings. The number of anilines is 2. The van der Waals surface area contributed by atoms with E-state index in [2.05, 4.69) is 0 Å². The van der Waals surface area contributed by atoms with Crippen LogP contribution < -0.4 is 10.6 Å². The Hall–Kier alpha value is -1.77.